The minimum Gasteiger partial charge on any atom is -0.316 e. The Labute approximate surface area is 73.6 Å². The second-order valence-electron chi connectivity index (χ2n) is 3.24. The van der Waals surface area contributed by atoms with E-state index < -0.39 is 14.4 Å². The molecule has 0 saturated carbocycles. The van der Waals surface area contributed by atoms with Crippen molar-refractivity contribution in [2.75, 3.05) is 6.54 Å². The normalized spacial score (nSPS) is 10.6. The van der Waals surface area contributed by atoms with E-state index in [4.69, 9.17) is 4.58 Å². The second-order valence-corrected chi connectivity index (χ2v) is 7.63. The van der Waals surface area contributed by atoms with Gasteiger partial charge in [0.15, 0.2) is 0 Å². The largest absolute Gasteiger partial charge is 0.437 e. The quantitative estimate of drug-likeness (QED) is 0.317. The molecule has 0 atom stereocenters. The van der Waals surface area contributed by atoms with E-state index in [1.54, 1.807) is 6.08 Å². The predicted molar refractivity (Wildman–Crippen MR) is 49.1 cm³/mol. The summed E-state index contributed by atoms with van der Waals surface area (Å²) in [6.07, 6.45) is 0.993. The maximum atomic E-state index is 10.8. The third kappa shape index (κ3) is 7.30. The molecular weight excluding hydrogens is 174 g/mol. The van der Waals surface area contributed by atoms with Gasteiger partial charge >= 0.3 is 6.09 Å². The van der Waals surface area contributed by atoms with E-state index in [-0.39, 0.29) is 0 Å². The summed E-state index contributed by atoms with van der Waals surface area (Å²) in [6.45, 7) is 9.60. The SMILES string of the molecule is C=CCNC(=O)OO[Si](C)(C)C. The number of carbonyl (C=O) groups excluding carboxylic acids is 1. The Morgan fingerprint density at radius 3 is 2.58 bits per heavy atom. The van der Waals surface area contributed by atoms with Gasteiger partial charge in [-0.1, -0.05) is 6.08 Å². The smallest absolute Gasteiger partial charge is 0.316 e. The van der Waals surface area contributed by atoms with Gasteiger partial charge in [0.25, 0.3) is 0 Å². The molecule has 0 spiro atoms. The van der Waals surface area contributed by atoms with Crippen LogP contribution in [0, 0.1) is 0 Å². The van der Waals surface area contributed by atoms with E-state index in [2.05, 4.69) is 16.8 Å². The van der Waals surface area contributed by atoms with Gasteiger partial charge in [-0.25, -0.2) is 9.37 Å². The Balaban J connectivity index is 3.51. The number of amides is 1. The first-order valence-corrected chi connectivity index (χ1v) is 7.11. The number of carbonyl (C=O) groups is 1. The molecule has 0 aromatic carbocycles. The Morgan fingerprint density at radius 1 is 1.58 bits per heavy atom. The van der Waals surface area contributed by atoms with Crippen LogP contribution in [0.5, 0.6) is 0 Å². The summed E-state index contributed by atoms with van der Waals surface area (Å²) in [7, 11) is -1.77. The van der Waals surface area contributed by atoms with Crippen LogP contribution in [0.15, 0.2) is 12.7 Å². The van der Waals surface area contributed by atoms with Crippen LogP contribution in [-0.4, -0.2) is 21.0 Å². The zero-order valence-electron chi connectivity index (χ0n) is 7.72. The van der Waals surface area contributed by atoms with Gasteiger partial charge in [0.2, 0.25) is 8.32 Å². The molecule has 0 bridgehead atoms. The molecule has 0 unspecified atom stereocenters. The van der Waals surface area contributed by atoms with Crippen molar-refractivity contribution in [3.63, 3.8) is 0 Å². The van der Waals surface area contributed by atoms with E-state index in [0.29, 0.717) is 6.54 Å². The fraction of sp³-hybridized carbons (Fsp3) is 0.571. The molecule has 0 aliphatic rings. The summed E-state index contributed by atoms with van der Waals surface area (Å²) < 4.78 is 4.88. The van der Waals surface area contributed by atoms with Crippen molar-refractivity contribution < 1.29 is 14.3 Å². The molecule has 1 N–H and O–H groups in total. The summed E-state index contributed by atoms with van der Waals surface area (Å²) in [5.41, 5.74) is 0. The van der Waals surface area contributed by atoms with E-state index in [0.717, 1.165) is 0 Å². The summed E-state index contributed by atoms with van der Waals surface area (Å²) in [5, 5.41) is 2.42. The second kappa shape index (κ2) is 4.94. The molecule has 1 amide bonds. The lowest BCUT2D eigenvalue weighted by atomic mass is 10.6. The first kappa shape index (κ1) is 11.2. The Hall–Kier alpha value is -0.813. The van der Waals surface area contributed by atoms with Crippen molar-refractivity contribution in [1.29, 1.82) is 0 Å². The highest BCUT2D eigenvalue weighted by Gasteiger charge is 2.18. The highest BCUT2D eigenvalue weighted by Crippen LogP contribution is 2.02. The molecule has 0 radical (unpaired) electrons. The van der Waals surface area contributed by atoms with Crippen molar-refractivity contribution in [3.05, 3.63) is 12.7 Å². The van der Waals surface area contributed by atoms with Gasteiger partial charge in [0, 0.05) is 6.54 Å². The molecule has 0 rings (SSSR count). The van der Waals surface area contributed by atoms with Gasteiger partial charge in [-0.3, -0.25) is 4.89 Å². The van der Waals surface area contributed by atoms with Crippen LogP contribution in [0.25, 0.3) is 0 Å². The lowest BCUT2D eigenvalue weighted by Gasteiger charge is -2.14. The first-order valence-electron chi connectivity index (χ1n) is 3.70. The fourth-order valence-corrected chi connectivity index (χ4v) is 0.673. The van der Waals surface area contributed by atoms with Crippen LogP contribution in [0.2, 0.25) is 19.6 Å². The molecule has 0 aliphatic carbocycles. The van der Waals surface area contributed by atoms with E-state index >= 15 is 0 Å². The summed E-state index contributed by atoms with van der Waals surface area (Å²) in [4.78, 5) is 15.2. The zero-order chi connectivity index (χ0) is 9.61. The summed E-state index contributed by atoms with van der Waals surface area (Å²) in [5.74, 6) is 0. The molecule has 70 valence electrons. The van der Waals surface area contributed by atoms with Gasteiger partial charge in [-0.2, -0.15) is 0 Å². The zero-order valence-corrected chi connectivity index (χ0v) is 8.72. The van der Waals surface area contributed by atoms with Gasteiger partial charge in [0.05, 0.1) is 0 Å². The van der Waals surface area contributed by atoms with Gasteiger partial charge in [-0.15, -0.1) is 6.58 Å². The first-order chi connectivity index (χ1) is 5.45. The monoisotopic (exact) mass is 189 g/mol. The number of rotatable bonds is 4. The summed E-state index contributed by atoms with van der Waals surface area (Å²) >= 11 is 0. The third-order valence-electron chi connectivity index (χ3n) is 0.758. The molecular formula is C7H15NO3Si. The molecule has 0 aromatic heterocycles. The van der Waals surface area contributed by atoms with Crippen molar-refractivity contribution in [1.82, 2.24) is 5.32 Å². The number of nitrogens with one attached hydrogen (secondary N) is 1. The van der Waals surface area contributed by atoms with Crippen molar-refractivity contribution in [2.45, 2.75) is 19.6 Å². The third-order valence-corrected chi connectivity index (χ3v) is 1.34. The van der Waals surface area contributed by atoms with Crippen LogP contribution in [0.4, 0.5) is 4.79 Å². The molecule has 0 saturated heterocycles. The van der Waals surface area contributed by atoms with Crippen LogP contribution >= 0.6 is 0 Å². The molecule has 0 fully saturated rings. The van der Waals surface area contributed by atoms with Crippen LogP contribution in [-0.2, 0) is 9.46 Å². The highest BCUT2D eigenvalue weighted by atomic mass is 28.4. The fourth-order valence-electron chi connectivity index (χ4n) is 0.348. The predicted octanol–water partition coefficient (Wildman–Crippen LogP) is 1.67. The minimum absolute atomic E-state index is 0.383. The van der Waals surface area contributed by atoms with Crippen LogP contribution in [0.1, 0.15) is 0 Å². The Kier molecular flexibility index (Phi) is 4.61. The highest BCUT2D eigenvalue weighted by molar-refractivity contribution is 6.69. The van der Waals surface area contributed by atoms with E-state index in [1.165, 1.54) is 0 Å². The maximum Gasteiger partial charge on any atom is 0.437 e. The lowest BCUT2D eigenvalue weighted by molar-refractivity contribution is -0.152. The van der Waals surface area contributed by atoms with E-state index in [1.807, 2.05) is 19.6 Å². The average Bonchev–Trinajstić information content (AvgIpc) is 1.95. The number of hydrogen-bond donors (Lipinski definition) is 1. The standard InChI is InChI=1S/C7H15NO3Si/c1-5-6-8-7(9)10-11-12(2,3)4/h5H,1,6H2,2-4H3,(H,8,9). The van der Waals surface area contributed by atoms with Crippen molar-refractivity contribution in [3.8, 4) is 0 Å². The molecule has 4 nitrogen and oxygen atoms in total. The molecule has 12 heavy (non-hydrogen) atoms. The van der Waals surface area contributed by atoms with Gasteiger partial charge in [0.1, 0.15) is 0 Å². The number of hydrogen-bond acceptors (Lipinski definition) is 3. The average molecular weight is 189 g/mol. The van der Waals surface area contributed by atoms with Crippen molar-refractivity contribution >= 4 is 14.4 Å². The van der Waals surface area contributed by atoms with E-state index in [9.17, 15) is 4.79 Å². The summed E-state index contributed by atoms with van der Waals surface area (Å²) in [6, 6.07) is 0. The van der Waals surface area contributed by atoms with Crippen LogP contribution in [0.3, 0.4) is 0 Å². The Morgan fingerprint density at radius 2 is 2.17 bits per heavy atom. The molecule has 5 heteroatoms. The van der Waals surface area contributed by atoms with Crippen LogP contribution < -0.4 is 5.32 Å². The van der Waals surface area contributed by atoms with Gasteiger partial charge in [-0.05, 0) is 19.6 Å². The van der Waals surface area contributed by atoms with Gasteiger partial charge < -0.3 is 5.32 Å². The molecule has 0 aliphatic heterocycles. The maximum absolute atomic E-state index is 10.8. The Bertz CT molecular complexity index is 165. The molecule has 0 aromatic rings. The lowest BCUT2D eigenvalue weighted by Crippen LogP contribution is -2.31. The minimum atomic E-state index is -1.77. The molecule has 0 heterocycles. The van der Waals surface area contributed by atoms with Crippen molar-refractivity contribution in [2.24, 2.45) is 0 Å². The topological polar surface area (TPSA) is 47.6 Å².